The number of hydrogen-bond acceptors (Lipinski definition) is 6. The summed E-state index contributed by atoms with van der Waals surface area (Å²) in [6, 6.07) is 15.5. The molecule has 33 heavy (non-hydrogen) atoms. The van der Waals surface area contributed by atoms with Gasteiger partial charge in [-0.3, -0.25) is 14.2 Å². The first-order valence-electron chi connectivity index (χ1n) is 11.7. The highest BCUT2D eigenvalue weighted by atomic mass is 16.2. The van der Waals surface area contributed by atoms with Gasteiger partial charge in [-0.2, -0.15) is 0 Å². The van der Waals surface area contributed by atoms with E-state index in [4.69, 9.17) is 0 Å². The number of rotatable bonds is 7. The van der Waals surface area contributed by atoms with Gasteiger partial charge in [-0.1, -0.05) is 30.3 Å². The van der Waals surface area contributed by atoms with Gasteiger partial charge >= 0.3 is 0 Å². The van der Waals surface area contributed by atoms with Gasteiger partial charge in [0.25, 0.3) is 5.56 Å². The van der Waals surface area contributed by atoms with E-state index in [0.29, 0.717) is 25.6 Å². The third-order valence-electron chi connectivity index (χ3n) is 6.38. The highest BCUT2D eigenvalue weighted by molar-refractivity contribution is 5.79. The lowest BCUT2D eigenvalue weighted by Crippen LogP contribution is -2.44. The molecule has 1 N–H and O–H groups in total. The molecule has 5 rings (SSSR count). The molecule has 0 bridgehead atoms. The van der Waals surface area contributed by atoms with Crippen molar-refractivity contribution in [1.82, 2.24) is 25.1 Å². The van der Waals surface area contributed by atoms with Crippen molar-refractivity contribution in [1.29, 1.82) is 0 Å². The van der Waals surface area contributed by atoms with Crippen LogP contribution >= 0.6 is 0 Å². The summed E-state index contributed by atoms with van der Waals surface area (Å²) in [6.07, 6.45) is 5.60. The molecule has 1 saturated carbocycles. The Kier molecular flexibility index (Phi) is 6.15. The highest BCUT2D eigenvalue weighted by Crippen LogP contribution is 2.38. The van der Waals surface area contributed by atoms with Crippen molar-refractivity contribution in [3.63, 3.8) is 0 Å². The zero-order valence-corrected chi connectivity index (χ0v) is 18.6. The van der Waals surface area contributed by atoms with E-state index in [1.165, 1.54) is 0 Å². The van der Waals surface area contributed by atoms with Gasteiger partial charge < -0.3 is 10.2 Å². The van der Waals surface area contributed by atoms with Crippen molar-refractivity contribution in [2.24, 2.45) is 5.92 Å². The van der Waals surface area contributed by atoms with Crippen LogP contribution in [-0.4, -0.2) is 45.3 Å². The highest BCUT2D eigenvalue weighted by Gasteiger charge is 2.27. The molecule has 1 amide bonds. The molecule has 0 unspecified atom stereocenters. The van der Waals surface area contributed by atoms with E-state index in [-0.39, 0.29) is 17.4 Å². The summed E-state index contributed by atoms with van der Waals surface area (Å²) in [6.45, 7) is 2.30. The molecule has 8 nitrogen and oxygen atoms in total. The average Bonchev–Trinajstić information content (AvgIpc) is 3.71. The minimum absolute atomic E-state index is 0.0178. The molecule has 3 aromatic rings. The molecule has 3 heterocycles. The fourth-order valence-corrected chi connectivity index (χ4v) is 4.31. The molecule has 170 valence electrons. The van der Waals surface area contributed by atoms with Crippen molar-refractivity contribution in [2.45, 2.75) is 38.1 Å². The Morgan fingerprint density at radius 2 is 1.91 bits per heavy atom. The third kappa shape index (κ3) is 5.10. The van der Waals surface area contributed by atoms with Crippen LogP contribution in [0.2, 0.25) is 0 Å². The first-order chi connectivity index (χ1) is 16.2. The van der Waals surface area contributed by atoms with Crippen LogP contribution < -0.4 is 15.8 Å². The average molecular weight is 445 g/mol. The molecule has 2 aliphatic rings. The maximum absolute atomic E-state index is 12.8. The van der Waals surface area contributed by atoms with E-state index in [9.17, 15) is 9.59 Å². The largest absolute Gasteiger partial charge is 0.354 e. The molecular formula is C25H28N6O2. The fourth-order valence-electron chi connectivity index (χ4n) is 4.31. The molecule has 1 aliphatic carbocycles. The quantitative estimate of drug-likeness (QED) is 0.602. The second-order valence-electron chi connectivity index (χ2n) is 8.84. The number of benzene rings is 1. The molecule has 2 fully saturated rings. The van der Waals surface area contributed by atoms with Crippen molar-refractivity contribution < 1.29 is 4.79 Å². The van der Waals surface area contributed by atoms with Gasteiger partial charge in [0.05, 0.1) is 23.6 Å². The van der Waals surface area contributed by atoms with Gasteiger partial charge in [0, 0.05) is 43.7 Å². The number of nitrogens with one attached hydrogen (secondary N) is 1. The maximum atomic E-state index is 12.8. The Labute approximate surface area is 192 Å². The number of nitrogens with zero attached hydrogens (tertiary/aromatic N) is 5. The second-order valence-corrected chi connectivity index (χ2v) is 8.84. The van der Waals surface area contributed by atoms with Crippen LogP contribution in [-0.2, 0) is 11.3 Å². The van der Waals surface area contributed by atoms with Gasteiger partial charge in [-0.25, -0.2) is 4.98 Å². The number of aromatic nitrogens is 4. The van der Waals surface area contributed by atoms with E-state index >= 15 is 0 Å². The van der Waals surface area contributed by atoms with Gasteiger partial charge in [0.1, 0.15) is 0 Å². The van der Waals surface area contributed by atoms with E-state index in [2.05, 4.69) is 25.4 Å². The van der Waals surface area contributed by atoms with Gasteiger partial charge in [-0.15, -0.1) is 10.2 Å². The van der Waals surface area contributed by atoms with E-state index in [0.717, 1.165) is 55.0 Å². The molecule has 1 aromatic carbocycles. The summed E-state index contributed by atoms with van der Waals surface area (Å²) in [7, 11) is 0. The number of piperidine rings is 1. The Hall–Kier alpha value is -3.55. The summed E-state index contributed by atoms with van der Waals surface area (Å²) >= 11 is 0. The number of carbonyl (C=O) groups excluding carboxylic acids is 1. The molecular weight excluding hydrogens is 416 g/mol. The van der Waals surface area contributed by atoms with Crippen LogP contribution in [0.3, 0.4) is 0 Å². The van der Waals surface area contributed by atoms with Crippen molar-refractivity contribution in [3.8, 4) is 11.3 Å². The van der Waals surface area contributed by atoms with E-state index < -0.39 is 0 Å². The molecule has 0 radical (unpaired) electrons. The monoisotopic (exact) mass is 444 g/mol. The van der Waals surface area contributed by atoms with Gasteiger partial charge in [0.2, 0.25) is 5.91 Å². The Bertz CT molecular complexity index is 1160. The Morgan fingerprint density at radius 3 is 2.64 bits per heavy atom. The van der Waals surface area contributed by atoms with Crippen LogP contribution in [0.1, 0.15) is 37.3 Å². The zero-order valence-electron chi connectivity index (χ0n) is 18.6. The van der Waals surface area contributed by atoms with Crippen LogP contribution in [0, 0.1) is 5.92 Å². The normalized spacial score (nSPS) is 18.2. The fraction of sp³-hybridized carbons (Fsp3) is 0.400. The van der Waals surface area contributed by atoms with Gasteiger partial charge in [0.15, 0.2) is 5.82 Å². The smallest absolute Gasteiger partial charge is 0.253 e. The molecule has 1 aliphatic heterocycles. The molecule has 2 aromatic heterocycles. The molecule has 1 atom stereocenters. The van der Waals surface area contributed by atoms with Crippen LogP contribution in [0.4, 0.5) is 5.82 Å². The first kappa shape index (κ1) is 21.3. The lowest BCUT2D eigenvalue weighted by Gasteiger charge is -2.32. The third-order valence-corrected chi connectivity index (χ3v) is 6.38. The van der Waals surface area contributed by atoms with Crippen molar-refractivity contribution in [3.05, 3.63) is 70.9 Å². The van der Waals surface area contributed by atoms with Crippen molar-refractivity contribution in [2.75, 3.05) is 24.5 Å². The summed E-state index contributed by atoms with van der Waals surface area (Å²) in [5.41, 5.74) is 2.70. The number of hydrogen-bond donors (Lipinski definition) is 1. The lowest BCUT2D eigenvalue weighted by molar-refractivity contribution is -0.125. The minimum atomic E-state index is -0.110. The minimum Gasteiger partial charge on any atom is -0.354 e. The predicted octanol–water partition coefficient (Wildman–Crippen LogP) is 2.61. The predicted molar refractivity (Wildman–Crippen MR) is 126 cm³/mol. The lowest BCUT2D eigenvalue weighted by atomic mass is 9.97. The Morgan fingerprint density at radius 1 is 1.06 bits per heavy atom. The standard InChI is InChI=1S/C25H28N6O2/c32-24-15-22(19-8-9-19)27-17-31(24)14-12-26-25(33)20-7-4-13-30(16-20)23-11-10-21(28-29-23)18-5-2-1-3-6-18/h1-3,5-6,10-11,15,17,19-20H,4,7-9,12-14,16H2,(H,26,33)/t20-/m1/s1. The summed E-state index contributed by atoms with van der Waals surface area (Å²) < 4.78 is 1.56. The van der Waals surface area contributed by atoms with Crippen molar-refractivity contribution >= 4 is 11.7 Å². The summed E-state index contributed by atoms with van der Waals surface area (Å²) in [5, 5.41) is 11.8. The topological polar surface area (TPSA) is 93.0 Å². The van der Waals surface area contributed by atoms with Gasteiger partial charge in [-0.05, 0) is 37.8 Å². The summed E-state index contributed by atoms with van der Waals surface area (Å²) in [5.74, 6) is 1.16. The van der Waals surface area contributed by atoms with E-state index in [1.807, 2.05) is 42.5 Å². The second kappa shape index (κ2) is 9.52. The van der Waals surface area contributed by atoms with Crippen LogP contribution in [0.25, 0.3) is 11.3 Å². The molecule has 8 heteroatoms. The SMILES string of the molecule is O=C(NCCn1cnc(C2CC2)cc1=O)[C@@H]1CCCN(c2ccc(-c3ccccc3)nn2)C1. The molecule has 1 saturated heterocycles. The maximum Gasteiger partial charge on any atom is 0.253 e. The molecule has 0 spiro atoms. The van der Waals surface area contributed by atoms with Crippen LogP contribution in [0.15, 0.2) is 59.7 Å². The first-order valence-corrected chi connectivity index (χ1v) is 11.7. The van der Waals surface area contributed by atoms with Crippen LogP contribution in [0.5, 0.6) is 0 Å². The number of carbonyl (C=O) groups is 1. The Balaban J connectivity index is 1.14. The number of anilines is 1. The summed E-state index contributed by atoms with van der Waals surface area (Å²) in [4.78, 5) is 31.5. The zero-order chi connectivity index (χ0) is 22.6. The number of amides is 1. The van der Waals surface area contributed by atoms with E-state index in [1.54, 1.807) is 17.0 Å².